The van der Waals surface area contributed by atoms with Gasteiger partial charge in [0.25, 0.3) is 5.91 Å². The van der Waals surface area contributed by atoms with Gasteiger partial charge in [0.15, 0.2) is 5.79 Å². The molecule has 4 N–H and O–H groups in total. The van der Waals surface area contributed by atoms with Gasteiger partial charge in [0, 0.05) is 23.4 Å². The van der Waals surface area contributed by atoms with Crippen LogP contribution in [0.4, 0.5) is 19.9 Å². The molecule has 3 amide bonds. The van der Waals surface area contributed by atoms with Crippen LogP contribution in [-0.2, 0) is 22.3 Å². The smallest absolute Gasteiger partial charge is 0.324 e. The highest BCUT2D eigenvalue weighted by molar-refractivity contribution is 7.17. The molecule has 1 aliphatic carbocycles. The number of amides is 3. The average Bonchev–Trinajstić information content (AvgIpc) is 3.22. The first-order chi connectivity index (χ1) is 13.4. The SMILES string of the molecule is NC(=O)c1c(NC(=O)Nc2ccc(F)c(Cl)c2)sc2c1CCC1(C2)OCCO1. The zero-order valence-corrected chi connectivity index (χ0v) is 16.2. The summed E-state index contributed by atoms with van der Waals surface area (Å²) >= 11 is 7.00. The first kappa shape index (κ1) is 19.1. The fourth-order valence-electron chi connectivity index (χ4n) is 3.50. The topological polar surface area (TPSA) is 103 Å². The van der Waals surface area contributed by atoms with Gasteiger partial charge in [-0.2, -0.15) is 0 Å². The Balaban J connectivity index is 1.55. The Morgan fingerprint density at radius 1 is 1.25 bits per heavy atom. The maximum absolute atomic E-state index is 13.3. The Hall–Kier alpha value is -2.20. The number of hydrogen-bond donors (Lipinski definition) is 3. The van der Waals surface area contributed by atoms with Crippen molar-refractivity contribution < 1.29 is 23.5 Å². The lowest BCUT2D eigenvalue weighted by Gasteiger charge is -2.31. The molecule has 0 radical (unpaired) electrons. The molecule has 0 unspecified atom stereocenters. The summed E-state index contributed by atoms with van der Waals surface area (Å²) in [6.07, 6.45) is 1.70. The maximum Gasteiger partial charge on any atom is 0.324 e. The molecule has 0 bridgehead atoms. The zero-order chi connectivity index (χ0) is 19.9. The van der Waals surface area contributed by atoms with Crippen LogP contribution in [0, 0.1) is 5.82 Å². The molecule has 1 saturated heterocycles. The number of thiophene rings is 1. The zero-order valence-electron chi connectivity index (χ0n) is 14.6. The third-order valence-corrected chi connectivity index (χ3v) is 6.18. The van der Waals surface area contributed by atoms with E-state index in [0.717, 1.165) is 16.5 Å². The van der Waals surface area contributed by atoms with E-state index >= 15 is 0 Å². The van der Waals surface area contributed by atoms with Crippen molar-refractivity contribution in [1.82, 2.24) is 0 Å². The summed E-state index contributed by atoms with van der Waals surface area (Å²) in [5.74, 6) is -1.85. The molecule has 1 fully saturated rings. The van der Waals surface area contributed by atoms with Gasteiger partial charge in [0.2, 0.25) is 0 Å². The quantitative estimate of drug-likeness (QED) is 0.700. The van der Waals surface area contributed by atoms with Gasteiger partial charge in [-0.3, -0.25) is 10.1 Å². The molecular weight excluding hydrogens is 409 g/mol. The van der Waals surface area contributed by atoms with Gasteiger partial charge >= 0.3 is 6.03 Å². The number of halogens is 2. The predicted molar refractivity (Wildman–Crippen MR) is 104 cm³/mol. The van der Waals surface area contributed by atoms with Crippen LogP contribution in [0.25, 0.3) is 0 Å². The Morgan fingerprint density at radius 3 is 2.68 bits per heavy atom. The third-order valence-electron chi connectivity index (χ3n) is 4.74. The minimum atomic E-state index is -0.656. The number of carbonyl (C=O) groups is 2. The molecule has 4 rings (SSSR count). The average molecular weight is 426 g/mol. The summed E-state index contributed by atoms with van der Waals surface area (Å²) in [4.78, 5) is 25.3. The van der Waals surface area contributed by atoms with E-state index in [1.54, 1.807) is 0 Å². The molecule has 0 atom stereocenters. The van der Waals surface area contributed by atoms with Crippen molar-refractivity contribution in [2.75, 3.05) is 23.8 Å². The maximum atomic E-state index is 13.3. The van der Waals surface area contributed by atoms with Gasteiger partial charge in [-0.15, -0.1) is 11.3 Å². The molecule has 2 aliphatic rings. The fraction of sp³-hybridized carbons (Fsp3) is 0.333. The first-order valence-corrected chi connectivity index (χ1v) is 9.82. The summed E-state index contributed by atoms with van der Waals surface area (Å²) in [6.45, 7) is 1.08. The molecule has 1 aromatic carbocycles. The predicted octanol–water partition coefficient (Wildman–Crippen LogP) is 3.52. The van der Waals surface area contributed by atoms with Crippen molar-refractivity contribution in [3.8, 4) is 0 Å². The highest BCUT2D eigenvalue weighted by Crippen LogP contribution is 2.43. The Labute approximate surface area is 168 Å². The number of urea groups is 1. The molecule has 2 heterocycles. The van der Waals surface area contributed by atoms with Gasteiger partial charge in [0.1, 0.15) is 10.8 Å². The van der Waals surface area contributed by atoms with Crippen LogP contribution in [0.2, 0.25) is 5.02 Å². The van der Waals surface area contributed by atoms with E-state index in [-0.39, 0.29) is 5.02 Å². The molecule has 148 valence electrons. The van der Waals surface area contributed by atoms with Crippen LogP contribution in [0.3, 0.4) is 0 Å². The fourth-order valence-corrected chi connectivity index (χ4v) is 5.02. The largest absolute Gasteiger partial charge is 0.365 e. The number of benzene rings is 1. The lowest BCUT2D eigenvalue weighted by atomic mass is 9.90. The van der Waals surface area contributed by atoms with Crippen molar-refractivity contribution in [2.24, 2.45) is 5.73 Å². The number of anilines is 2. The Bertz CT molecular complexity index is 959. The van der Waals surface area contributed by atoms with Gasteiger partial charge in [0.05, 0.1) is 23.8 Å². The van der Waals surface area contributed by atoms with Gasteiger partial charge in [-0.25, -0.2) is 9.18 Å². The second-order valence-electron chi connectivity index (χ2n) is 6.56. The van der Waals surface area contributed by atoms with Crippen molar-refractivity contribution in [1.29, 1.82) is 0 Å². The number of fused-ring (bicyclic) bond motifs is 1. The summed E-state index contributed by atoms with van der Waals surface area (Å²) in [5, 5.41) is 5.47. The summed E-state index contributed by atoms with van der Waals surface area (Å²) < 4.78 is 24.8. The van der Waals surface area contributed by atoms with Crippen molar-refractivity contribution in [3.63, 3.8) is 0 Å². The molecule has 10 heteroatoms. The normalized spacial score (nSPS) is 17.4. The highest BCUT2D eigenvalue weighted by atomic mass is 35.5. The summed E-state index contributed by atoms with van der Waals surface area (Å²) in [6, 6.07) is 3.24. The molecule has 7 nitrogen and oxygen atoms in total. The summed E-state index contributed by atoms with van der Waals surface area (Å²) in [7, 11) is 0. The minimum absolute atomic E-state index is 0.107. The number of primary amides is 1. The van der Waals surface area contributed by atoms with Gasteiger partial charge < -0.3 is 20.5 Å². The van der Waals surface area contributed by atoms with Gasteiger partial charge in [-0.1, -0.05) is 11.6 Å². The number of hydrogen-bond acceptors (Lipinski definition) is 5. The number of ether oxygens (including phenoxy) is 2. The first-order valence-electron chi connectivity index (χ1n) is 8.62. The standard InChI is InChI=1S/C18H17ClFN3O4S/c19-11-7-9(1-2-12(11)20)22-17(25)23-16-14(15(21)24)10-3-4-18(8-13(10)28-16)26-5-6-27-18/h1-2,7H,3-6,8H2,(H2,21,24)(H2,22,23,25). The van der Waals surface area contributed by atoms with Crippen molar-refractivity contribution >= 4 is 45.6 Å². The summed E-state index contributed by atoms with van der Waals surface area (Å²) in [5.41, 5.74) is 7.01. The van der Waals surface area contributed by atoms with E-state index in [1.807, 2.05) is 0 Å². The Morgan fingerprint density at radius 2 is 2.00 bits per heavy atom. The van der Waals surface area contributed by atoms with Gasteiger partial charge in [-0.05, 0) is 30.2 Å². The molecule has 2 aromatic rings. The molecular formula is C18H17ClFN3O4S. The second kappa shape index (κ2) is 7.32. The van der Waals surface area contributed by atoms with Crippen LogP contribution >= 0.6 is 22.9 Å². The van der Waals surface area contributed by atoms with E-state index in [9.17, 15) is 14.0 Å². The van der Waals surface area contributed by atoms with E-state index < -0.39 is 23.5 Å². The number of nitrogens with one attached hydrogen (secondary N) is 2. The molecule has 1 spiro atoms. The van der Waals surface area contributed by atoms with Crippen LogP contribution in [0.15, 0.2) is 18.2 Å². The number of rotatable bonds is 3. The minimum Gasteiger partial charge on any atom is -0.365 e. The highest BCUT2D eigenvalue weighted by Gasteiger charge is 2.42. The van der Waals surface area contributed by atoms with E-state index in [4.69, 9.17) is 26.8 Å². The van der Waals surface area contributed by atoms with Crippen molar-refractivity contribution in [2.45, 2.75) is 25.0 Å². The number of nitrogens with two attached hydrogens (primary N) is 1. The van der Waals surface area contributed by atoms with E-state index in [0.29, 0.717) is 48.7 Å². The van der Waals surface area contributed by atoms with Crippen LogP contribution in [0.5, 0.6) is 0 Å². The molecule has 28 heavy (non-hydrogen) atoms. The third kappa shape index (κ3) is 3.58. The lowest BCUT2D eigenvalue weighted by molar-refractivity contribution is -0.163. The second-order valence-corrected chi connectivity index (χ2v) is 8.08. The number of carbonyl (C=O) groups excluding carboxylic acids is 2. The van der Waals surface area contributed by atoms with E-state index in [1.165, 1.54) is 23.5 Å². The molecule has 1 aliphatic heterocycles. The van der Waals surface area contributed by atoms with Crippen LogP contribution < -0.4 is 16.4 Å². The lowest BCUT2D eigenvalue weighted by Crippen LogP contribution is -2.36. The molecule has 0 saturated carbocycles. The van der Waals surface area contributed by atoms with Crippen LogP contribution in [0.1, 0.15) is 27.2 Å². The monoisotopic (exact) mass is 425 g/mol. The van der Waals surface area contributed by atoms with E-state index in [2.05, 4.69) is 10.6 Å². The van der Waals surface area contributed by atoms with Crippen molar-refractivity contribution in [3.05, 3.63) is 45.0 Å². The Kier molecular flexibility index (Phi) is 5.00. The van der Waals surface area contributed by atoms with Crippen LogP contribution in [-0.4, -0.2) is 30.9 Å². The molecule has 1 aromatic heterocycles.